The fourth-order valence-electron chi connectivity index (χ4n) is 4.24. The van der Waals surface area contributed by atoms with Crippen LogP contribution in [-0.2, 0) is 19.1 Å². The van der Waals surface area contributed by atoms with Crippen LogP contribution in [0, 0.1) is 36.8 Å². The van der Waals surface area contributed by atoms with Crippen molar-refractivity contribution in [1.29, 1.82) is 5.26 Å². The topological polar surface area (TPSA) is 126 Å². The van der Waals surface area contributed by atoms with Crippen LogP contribution in [0.25, 0.3) is 0 Å². The second kappa shape index (κ2) is 10.1. The van der Waals surface area contributed by atoms with Crippen LogP contribution in [-0.4, -0.2) is 35.0 Å². The summed E-state index contributed by atoms with van der Waals surface area (Å²) in [6, 6.07) is 10.2. The lowest BCUT2D eigenvalue weighted by Crippen LogP contribution is -2.39. The molecule has 190 valence electrons. The Kier molecular flexibility index (Phi) is 7.05. The highest BCUT2D eigenvalue weighted by Gasteiger charge is 2.49. The van der Waals surface area contributed by atoms with E-state index in [1.54, 1.807) is 18.2 Å². The standard InChI is InChI=1S/C26H22F2N4O4S/c1-12-7-8-14(9-13(12)2)31-24(34)22-20(21-16(27)5-4-6-17(21)28)15(11-29)23(30)32-25(35)18(37-26(22)32)10-19(33)36-3/h4-9,18,20H,10,30H2,1-3H3,(H,31,34)/t18-,20-/m1/s1. The number of ether oxygens (including phenoxy) is 1. The summed E-state index contributed by atoms with van der Waals surface area (Å²) in [6.07, 6.45) is -0.333. The molecule has 3 N–H and O–H groups in total. The number of halogens is 2. The number of anilines is 1. The average molecular weight is 525 g/mol. The number of hydrogen-bond donors (Lipinski definition) is 2. The largest absolute Gasteiger partial charge is 0.469 e. The molecule has 8 nitrogen and oxygen atoms in total. The summed E-state index contributed by atoms with van der Waals surface area (Å²) in [7, 11) is 1.17. The number of benzene rings is 2. The normalized spacial score (nSPS) is 19.0. The number of nitriles is 1. The molecule has 2 aromatic carbocycles. The molecule has 1 fully saturated rings. The van der Waals surface area contributed by atoms with Gasteiger partial charge in [-0.3, -0.25) is 19.3 Å². The zero-order valence-electron chi connectivity index (χ0n) is 20.1. The summed E-state index contributed by atoms with van der Waals surface area (Å²) in [5.41, 5.74) is 7.32. The van der Waals surface area contributed by atoms with E-state index >= 15 is 8.78 Å². The predicted octanol–water partition coefficient (Wildman–Crippen LogP) is 3.73. The molecule has 2 aliphatic heterocycles. The Morgan fingerprint density at radius 1 is 1.19 bits per heavy atom. The molecule has 37 heavy (non-hydrogen) atoms. The molecule has 2 atom stereocenters. The molecule has 0 radical (unpaired) electrons. The van der Waals surface area contributed by atoms with E-state index in [0.29, 0.717) is 5.69 Å². The first-order chi connectivity index (χ1) is 17.6. The Hall–Kier alpha value is -4.17. The fraction of sp³-hybridized carbons (Fsp3) is 0.231. The number of carbonyl (C=O) groups is 3. The lowest BCUT2D eigenvalue weighted by Gasteiger charge is -2.32. The molecule has 2 aliphatic rings. The van der Waals surface area contributed by atoms with Crippen molar-refractivity contribution < 1.29 is 27.9 Å². The summed E-state index contributed by atoms with van der Waals surface area (Å²) >= 11 is 0.851. The van der Waals surface area contributed by atoms with Crippen molar-refractivity contribution in [1.82, 2.24) is 4.90 Å². The Morgan fingerprint density at radius 3 is 2.46 bits per heavy atom. The van der Waals surface area contributed by atoms with Crippen LogP contribution in [0.1, 0.15) is 29.0 Å². The number of allylic oxidation sites excluding steroid dienone is 1. The smallest absolute Gasteiger partial charge is 0.307 e. The molecule has 2 aromatic rings. The Bertz CT molecular complexity index is 1430. The van der Waals surface area contributed by atoms with Gasteiger partial charge < -0.3 is 15.8 Å². The second-order valence-electron chi connectivity index (χ2n) is 8.51. The van der Waals surface area contributed by atoms with Gasteiger partial charge in [-0.15, -0.1) is 0 Å². The number of fused-ring (bicyclic) bond motifs is 1. The molecule has 0 bridgehead atoms. The number of amides is 2. The van der Waals surface area contributed by atoms with Crippen LogP contribution in [0.5, 0.6) is 0 Å². The minimum Gasteiger partial charge on any atom is -0.469 e. The van der Waals surface area contributed by atoms with Gasteiger partial charge in [0, 0.05) is 11.3 Å². The summed E-state index contributed by atoms with van der Waals surface area (Å²) in [6.45, 7) is 3.75. The molecule has 0 unspecified atom stereocenters. The van der Waals surface area contributed by atoms with Crippen LogP contribution in [0.3, 0.4) is 0 Å². The third-order valence-corrected chi connectivity index (χ3v) is 7.55. The maximum absolute atomic E-state index is 15.0. The van der Waals surface area contributed by atoms with Gasteiger partial charge in [-0.05, 0) is 49.2 Å². The Morgan fingerprint density at radius 2 is 1.86 bits per heavy atom. The molecule has 0 saturated carbocycles. The molecule has 11 heteroatoms. The molecular formula is C26H22F2N4O4S. The summed E-state index contributed by atoms with van der Waals surface area (Å²) < 4.78 is 34.7. The number of carbonyl (C=O) groups excluding carboxylic acids is 3. The molecule has 2 amide bonds. The number of nitrogens with zero attached hydrogens (tertiary/aromatic N) is 2. The highest BCUT2D eigenvalue weighted by Crippen LogP contribution is 2.50. The number of esters is 1. The number of nitrogens with one attached hydrogen (secondary N) is 1. The molecular weight excluding hydrogens is 502 g/mol. The maximum atomic E-state index is 15.0. The third-order valence-electron chi connectivity index (χ3n) is 6.28. The monoisotopic (exact) mass is 524 g/mol. The van der Waals surface area contributed by atoms with Crippen LogP contribution < -0.4 is 11.1 Å². The summed E-state index contributed by atoms with van der Waals surface area (Å²) in [5.74, 6) is -5.99. The minimum absolute atomic E-state index is 0.00982. The van der Waals surface area contributed by atoms with Crippen LogP contribution in [0.15, 0.2) is 58.4 Å². The number of aryl methyl sites for hydroxylation is 2. The van der Waals surface area contributed by atoms with Crippen molar-refractivity contribution in [3.63, 3.8) is 0 Å². The number of hydrogen-bond acceptors (Lipinski definition) is 7. The first-order valence-corrected chi connectivity index (χ1v) is 12.0. The number of methoxy groups -OCH3 is 1. The predicted molar refractivity (Wildman–Crippen MR) is 132 cm³/mol. The lowest BCUT2D eigenvalue weighted by atomic mass is 9.82. The SMILES string of the molecule is COC(=O)C[C@H]1SC2=C(C(=O)Nc3ccc(C)c(C)c3)[C@@H](c3c(F)cccc3F)C(C#N)=C(N)N2C1=O. The van der Waals surface area contributed by atoms with Gasteiger partial charge in [-0.2, -0.15) is 5.26 Å². The quantitative estimate of drug-likeness (QED) is 0.571. The first-order valence-electron chi connectivity index (χ1n) is 11.1. The van der Waals surface area contributed by atoms with Gasteiger partial charge in [-0.25, -0.2) is 8.78 Å². The number of rotatable bonds is 5. The Balaban J connectivity index is 1.92. The van der Waals surface area contributed by atoms with E-state index in [1.165, 1.54) is 7.11 Å². The van der Waals surface area contributed by atoms with Crippen molar-refractivity contribution in [3.05, 3.63) is 86.7 Å². The van der Waals surface area contributed by atoms with E-state index in [1.807, 2.05) is 19.9 Å². The zero-order chi connectivity index (χ0) is 27.0. The van der Waals surface area contributed by atoms with Crippen LogP contribution in [0.4, 0.5) is 14.5 Å². The molecule has 0 spiro atoms. The molecule has 0 aromatic heterocycles. The van der Waals surface area contributed by atoms with E-state index in [2.05, 4.69) is 10.1 Å². The van der Waals surface area contributed by atoms with Crippen molar-refractivity contribution in [2.45, 2.75) is 31.4 Å². The van der Waals surface area contributed by atoms with Crippen molar-refractivity contribution in [3.8, 4) is 6.07 Å². The van der Waals surface area contributed by atoms with Gasteiger partial charge in [0.1, 0.15) is 22.7 Å². The van der Waals surface area contributed by atoms with E-state index in [-0.39, 0.29) is 28.4 Å². The lowest BCUT2D eigenvalue weighted by molar-refractivity contribution is -0.142. The molecule has 0 aliphatic carbocycles. The van der Waals surface area contributed by atoms with Gasteiger partial charge in [0.25, 0.3) is 5.91 Å². The number of thioether (sulfide) groups is 1. The van der Waals surface area contributed by atoms with Gasteiger partial charge in [-0.1, -0.05) is 23.9 Å². The van der Waals surface area contributed by atoms with Gasteiger partial charge in [0.05, 0.1) is 41.7 Å². The van der Waals surface area contributed by atoms with Crippen LogP contribution in [0.2, 0.25) is 0 Å². The van der Waals surface area contributed by atoms with Gasteiger partial charge in [0.15, 0.2) is 0 Å². The first kappa shape index (κ1) is 25.9. The van der Waals surface area contributed by atoms with E-state index in [9.17, 15) is 19.6 Å². The van der Waals surface area contributed by atoms with Crippen molar-refractivity contribution >= 4 is 35.2 Å². The van der Waals surface area contributed by atoms with Crippen molar-refractivity contribution in [2.24, 2.45) is 5.73 Å². The molecule has 2 heterocycles. The number of nitrogens with two attached hydrogens (primary N) is 1. The van der Waals surface area contributed by atoms with Crippen LogP contribution >= 0.6 is 11.8 Å². The Labute approximate surface area is 215 Å². The van der Waals surface area contributed by atoms with E-state index in [0.717, 1.165) is 46.0 Å². The third kappa shape index (κ3) is 4.56. The fourth-order valence-corrected chi connectivity index (χ4v) is 5.56. The summed E-state index contributed by atoms with van der Waals surface area (Å²) in [4.78, 5) is 39.8. The summed E-state index contributed by atoms with van der Waals surface area (Å²) in [5, 5.41) is 11.7. The second-order valence-corrected chi connectivity index (χ2v) is 9.70. The maximum Gasteiger partial charge on any atom is 0.307 e. The molecule has 1 saturated heterocycles. The average Bonchev–Trinajstić information content (AvgIpc) is 3.17. The van der Waals surface area contributed by atoms with Crippen molar-refractivity contribution in [2.75, 3.05) is 12.4 Å². The highest BCUT2D eigenvalue weighted by atomic mass is 32.2. The van der Waals surface area contributed by atoms with E-state index < -0.39 is 46.1 Å². The zero-order valence-corrected chi connectivity index (χ0v) is 20.9. The van der Waals surface area contributed by atoms with E-state index in [4.69, 9.17) is 5.73 Å². The molecule has 4 rings (SSSR count). The highest BCUT2D eigenvalue weighted by molar-refractivity contribution is 8.04. The van der Waals surface area contributed by atoms with Gasteiger partial charge in [0.2, 0.25) is 5.91 Å². The van der Waals surface area contributed by atoms with Gasteiger partial charge >= 0.3 is 5.97 Å². The minimum atomic E-state index is -1.54.